The molecule has 3 heterocycles. The van der Waals surface area contributed by atoms with Crippen molar-refractivity contribution in [2.45, 2.75) is 23.9 Å². The molecule has 35 heavy (non-hydrogen) atoms. The highest BCUT2D eigenvalue weighted by Gasteiger charge is 2.30. The summed E-state index contributed by atoms with van der Waals surface area (Å²) in [5.74, 6) is 1.22. The Kier molecular flexibility index (Phi) is 7.76. The summed E-state index contributed by atoms with van der Waals surface area (Å²) in [6, 6.07) is 3.39. The van der Waals surface area contributed by atoms with E-state index in [9.17, 15) is 9.59 Å². The van der Waals surface area contributed by atoms with Crippen LogP contribution in [0.1, 0.15) is 44.6 Å². The smallest absolute Gasteiger partial charge is 0.277 e. The molecular weight excluding hydrogens is 492 g/mol. The summed E-state index contributed by atoms with van der Waals surface area (Å²) in [5, 5.41) is 12.5. The largest absolute Gasteiger partial charge is 0.493 e. The second-order valence-corrected chi connectivity index (χ2v) is 9.31. The van der Waals surface area contributed by atoms with Crippen molar-refractivity contribution in [3.63, 3.8) is 0 Å². The van der Waals surface area contributed by atoms with Gasteiger partial charge >= 0.3 is 0 Å². The summed E-state index contributed by atoms with van der Waals surface area (Å²) in [5.41, 5.74) is 0.759. The highest BCUT2D eigenvalue weighted by atomic mass is 32.2. The molecule has 13 heteroatoms. The van der Waals surface area contributed by atoms with Gasteiger partial charge in [-0.3, -0.25) is 14.9 Å². The molecule has 0 spiro atoms. The van der Waals surface area contributed by atoms with Crippen molar-refractivity contribution in [1.29, 1.82) is 0 Å². The standard InChI is InChI=1S/C22H26N6O5S2/c1-31-15-6-5-13(16(32-2)17(15)33-3)20(30)28-9-7-12(8-10-28)19-23-14(11-35-19)18(29)24-21-25-22(34-4)27-26-21/h5-6,11-12H,7-10H2,1-4H3,(H2,24,25,26,27,29). The number of hydrogen-bond acceptors (Lipinski definition) is 10. The van der Waals surface area contributed by atoms with Crippen molar-refractivity contribution in [2.75, 3.05) is 46.0 Å². The lowest BCUT2D eigenvalue weighted by atomic mass is 9.97. The number of likely N-dealkylation sites (tertiary alicyclic amines) is 1. The number of carbonyl (C=O) groups excluding carboxylic acids is 2. The van der Waals surface area contributed by atoms with Gasteiger partial charge in [-0.2, -0.15) is 4.98 Å². The highest BCUT2D eigenvalue weighted by Crippen LogP contribution is 2.40. The highest BCUT2D eigenvalue weighted by molar-refractivity contribution is 7.98. The van der Waals surface area contributed by atoms with Crippen LogP contribution < -0.4 is 19.5 Å². The lowest BCUT2D eigenvalue weighted by Crippen LogP contribution is -2.38. The van der Waals surface area contributed by atoms with E-state index in [-0.39, 0.29) is 23.7 Å². The zero-order valence-electron chi connectivity index (χ0n) is 19.8. The van der Waals surface area contributed by atoms with Gasteiger partial charge in [0.2, 0.25) is 16.9 Å². The van der Waals surface area contributed by atoms with E-state index in [0.717, 1.165) is 17.8 Å². The second-order valence-electron chi connectivity index (χ2n) is 7.64. The van der Waals surface area contributed by atoms with Crippen molar-refractivity contribution in [3.8, 4) is 17.2 Å². The monoisotopic (exact) mass is 518 g/mol. The molecule has 0 radical (unpaired) electrons. The number of methoxy groups -OCH3 is 3. The molecule has 1 saturated heterocycles. The van der Waals surface area contributed by atoms with Gasteiger partial charge in [0.05, 0.1) is 31.9 Å². The van der Waals surface area contributed by atoms with Crippen LogP contribution >= 0.6 is 23.1 Å². The van der Waals surface area contributed by atoms with Gasteiger partial charge in [0, 0.05) is 24.4 Å². The van der Waals surface area contributed by atoms with Crippen molar-refractivity contribution in [1.82, 2.24) is 25.1 Å². The van der Waals surface area contributed by atoms with Crippen LogP contribution in [0.2, 0.25) is 0 Å². The number of thioether (sulfide) groups is 1. The number of rotatable bonds is 8. The molecule has 2 amide bonds. The molecule has 4 rings (SSSR count). The van der Waals surface area contributed by atoms with Gasteiger partial charge in [-0.25, -0.2) is 10.1 Å². The summed E-state index contributed by atoms with van der Waals surface area (Å²) in [6.45, 7) is 1.13. The maximum atomic E-state index is 13.2. The molecule has 0 bridgehead atoms. The molecular formula is C22H26N6O5S2. The third-order valence-corrected chi connectivity index (χ3v) is 7.25. The molecule has 1 aromatic carbocycles. The molecule has 0 saturated carbocycles. The SMILES string of the molecule is COc1ccc(C(=O)N2CCC(c3nc(C(=O)Nc4nc(SC)n[nH]4)cs3)CC2)c(OC)c1OC. The molecule has 11 nitrogen and oxygen atoms in total. The third kappa shape index (κ3) is 5.20. The van der Waals surface area contributed by atoms with Crippen LogP contribution in [-0.2, 0) is 0 Å². The number of carbonyl (C=O) groups is 2. The molecule has 0 unspecified atom stereocenters. The first kappa shape index (κ1) is 24.8. The Morgan fingerprint density at radius 1 is 1.11 bits per heavy atom. The van der Waals surface area contributed by atoms with Crippen LogP contribution in [0, 0.1) is 0 Å². The molecule has 0 aliphatic carbocycles. The lowest BCUT2D eigenvalue weighted by Gasteiger charge is -2.31. The Morgan fingerprint density at radius 3 is 2.49 bits per heavy atom. The van der Waals surface area contributed by atoms with Gasteiger partial charge < -0.3 is 19.1 Å². The van der Waals surface area contributed by atoms with E-state index in [1.807, 2.05) is 6.26 Å². The molecule has 1 aliphatic heterocycles. The minimum absolute atomic E-state index is 0.128. The van der Waals surface area contributed by atoms with Crippen LogP contribution in [0.25, 0.3) is 0 Å². The number of H-pyrrole nitrogens is 1. The van der Waals surface area contributed by atoms with Crippen molar-refractivity contribution >= 4 is 40.9 Å². The topological polar surface area (TPSA) is 132 Å². The minimum Gasteiger partial charge on any atom is -0.493 e. The molecule has 2 aromatic heterocycles. The van der Waals surface area contributed by atoms with Crippen molar-refractivity contribution < 1.29 is 23.8 Å². The van der Waals surface area contributed by atoms with Gasteiger partial charge in [0.1, 0.15) is 5.69 Å². The summed E-state index contributed by atoms with van der Waals surface area (Å²) in [6.07, 6.45) is 3.34. The van der Waals surface area contributed by atoms with E-state index in [1.54, 1.807) is 22.4 Å². The Bertz CT molecular complexity index is 1200. The van der Waals surface area contributed by atoms with Gasteiger partial charge in [-0.1, -0.05) is 11.8 Å². The Labute approximate surface area is 210 Å². The van der Waals surface area contributed by atoms with Crippen LogP contribution in [-0.4, -0.2) is 77.6 Å². The average Bonchev–Trinajstić information content (AvgIpc) is 3.57. The summed E-state index contributed by atoms with van der Waals surface area (Å²) in [7, 11) is 4.54. The first-order valence-electron chi connectivity index (χ1n) is 10.8. The minimum atomic E-state index is -0.343. The number of aromatic nitrogens is 4. The molecule has 0 atom stereocenters. The molecule has 1 fully saturated rings. The molecule has 3 aromatic rings. The number of nitrogens with zero attached hydrogens (tertiary/aromatic N) is 4. The Hall–Kier alpha value is -3.32. The van der Waals surface area contributed by atoms with Crippen molar-refractivity contribution in [2.24, 2.45) is 0 Å². The number of nitrogens with one attached hydrogen (secondary N) is 2. The fourth-order valence-electron chi connectivity index (χ4n) is 3.91. The van der Waals surface area contributed by atoms with E-state index < -0.39 is 0 Å². The number of ether oxygens (including phenoxy) is 3. The van der Waals surface area contributed by atoms with Gasteiger partial charge in [-0.05, 0) is 31.2 Å². The van der Waals surface area contributed by atoms with Gasteiger partial charge in [-0.15, -0.1) is 16.4 Å². The predicted octanol–water partition coefficient (Wildman–Crippen LogP) is 3.28. The normalized spacial score (nSPS) is 14.0. The zero-order chi connectivity index (χ0) is 24.9. The predicted molar refractivity (Wildman–Crippen MR) is 132 cm³/mol. The third-order valence-electron chi connectivity index (χ3n) is 5.70. The maximum Gasteiger partial charge on any atom is 0.277 e. The van der Waals surface area contributed by atoms with Crippen LogP contribution in [0.15, 0.2) is 22.7 Å². The first-order chi connectivity index (χ1) is 17.0. The fraction of sp³-hybridized carbons (Fsp3) is 0.409. The number of amides is 2. The van der Waals surface area contributed by atoms with Crippen LogP contribution in [0.5, 0.6) is 17.2 Å². The number of thiazole rings is 1. The molecule has 1 aliphatic rings. The number of hydrogen-bond donors (Lipinski definition) is 2. The van der Waals surface area contributed by atoms with Gasteiger partial charge in [0.25, 0.3) is 11.8 Å². The summed E-state index contributed by atoms with van der Waals surface area (Å²) >= 11 is 2.83. The lowest BCUT2D eigenvalue weighted by molar-refractivity contribution is 0.0708. The Morgan fingerprint density at radius 2 is 1.86 bits per heavy atom. The summed E-state index contributed by atoms with van der Waals surface area (Å²) in [4.78, 5) is 36.3. The van der Waals surface area contributed by atoms with Crippen LogP contribution in [0.3, 0.4) is 0 Å². The number of benzene rings is 1. The molecule has 186 valence electrons. The fourth-order valence-corrected chi connectivity index (χ4v) is 5.20. The number of aromatic amines is 1. The number of anilines is 1. The molecule has 2 N–H and O–H groups in total. The van der Waals surface area contributed by atoms with E-state index in [0.29, 0.717) is 46.8 Å². The second kappa shape index (κ2) is 11.0. The van der Waals surface area contributed by atoms with E-state index in [1.165, 1.54) is 44.4 Å². The average molecular weight is 519 g/mol. The zero-order valence-corrected chi connectivity index (χ0v) is 21.4. The quantitative estimate of drug-likeness (QED) is 0.431. The van der Waals surface area contributed by atoms with E-state index in [4.69, 9.17) is 14.2 Å². The maximum absolute atomic E-state index is 13.2. The first-order valence-corrected chi connectivity index (χ1v) is 12.9. The summed E-state index contributed by atoms with van der Waals surface area (Å²) < 4.78 is 16.2. The van der Waals surface area contributed by atoms with E-state index in [2.05, 4.69) is 25.5 Å². The van der Waals surface area contributed by atoms with Gasteiger partial charge in [0.15, 0.2) is 11.5 Å². The number of piperidine rings is 1. The van der Waals surface area contributed by atoms with Crippen molar-refractivity contribution in [3.05, 3.63) is 33.8 Å². The van der Waals surface area contributed by atoms with Crippen LogP contribution in [0.4, 0.5) is 5.95 Å². The van der Waals surface area contributed by atoms with E-state index >= 15 is 0 Å². The Balaban J connectivity index is 1.39.